The number of hydrogen-bond acceptors (Lipinski definition) is 4. The van der Waals surface area contributed by atoms with Gasteiger partial charge in [-0.3, -0.25) is 4.79 Å². The molecule has 0 bridgehead atoms. The first kappa shape index (κ1) is 19.9. The number of aromatic amines is 1. The minimum atomic E-state index is -0.380. The zero-order valence-corrected chi connectivity index (χ0v) is 16.6. The monoisotopic (exact) mass is 399 g/mol. The van der Waals surface area contributed by atoms with Crippen LogP contribution in [0.5, 0.6) is 0 Å². The summed E-state index contributed by atoms with van der Waals surface area (Å²) in [6.07, 6.45) is 0. The average Bonchev–Trinajstić information content (AvgIpc) is 2.66. The Bertz CT molecular complexity index is 1040. The summed E-state index contributed by atoms with van der Waals surface area (Å²) in [4.78, 5) is 23.6. The Kier molecular flexibility index (Phi) is 6.33. The molecule has 1 aromatic heterocycles. The van der Waals surface area contributed by atoms with Gasteiger partial charge in [0.05, 0.1) is 23.1 Å². The molecule has 0 unspecified atom stereocenters. The van der Waals surface area contributed by atoms with Crippen molar-refractivity contribution in [3.05, 3.63) is 70.5 Å². The molecule has 28 heavy (non-hydrogen) atoms. The second kappa shape index (κ2) is 8.90. The van der Waals surface area contributed by atoms with Crippen molar-refractivity contribution in [1.82, 2.24) is 19.8 Å². The number of rotatable bonds is 6. The van der Waals surface area contributed by atoms with E-state index in [9.17, 15) is 9.18 Å². The van der Waals surface area contributed by atoms with Gasteiger partial charge in [0.25, 0.3) is 5.56 Å². The van der Waals surface area contributed by atoms with E-state index in [-0.39, 0.29) is 11.4 Å². The molecule has 6 nitrogen and oxygen atoms in total. The summed E-state index contributed by atoms with van der Waals surface area (Å²) < 4.78 is 14.0. The highest BCUT2D eigenvalue weighted by Crippen LogP contribution is 2.14. The molecule has 8 heteroatoms. The number of anilines is 1. The van der Waals surface area contributed by atoms with Crippen LogP contribution in [0, 0.1) is 5.82 Å². The first-order chi connectivity index (χ1) is 13.4. The second-order valence-corrected chi connectivity index (χ2v) is 7.05. The molecule has 0 saturated heterocycles. The number of benzene rings is 2. The second-order valence-electron chi connectivity index (χ2n) is 6.66. The van der Waals surface area contributed by atoms with Crippen molar-refractivity contribution in [3.63, 3.8) is 0 Å². The molecule has 0 amide bonds. The van der Waals surface area contributed by atoms with Gasteiger partial charge >= 0.3 is 0 Å². The number of aromatic nitrogens is 2. The van der Waals surface area contributed by atoms with Gasteiger partial charge < -0.3 is 20.1 Å². The molecule has 0 fully saturated rings. The van der Waals surface area contributed by atoms with Crippen LogP contribution >= 0.6 is 12.2 Å². The van der Waals surface area contributed by atoms with Crippen molar-refractivity contribution in [1.29, 1.82) is 0 Å². The third kappa shape index (κ3) is 4.90. The lowest BCUT2D eigenvalue weighted by atomic mass is 10.2. The summed E-state index contributed by atoms with van der Waals surface area (Å²) in [6.45, 7) is 1.62. The van der Waals surface area contributed by atoms with Crippen LogP contribution in [0.2, 0.25) is 0 Å². The lowest BCUT2D eigenvalue weighted by Gasteiger charge is -2.27. The Morgan fingerprint density at radius 3 is 2.61 bits per heavy atom. The van der Waals surface area contributed by atoms with Gasteiger partial charge in [-0.15, -0.1) is 0 Å². The summed E-state index contributed by atoms with van der Waals surface area (Å²) in [5.74, 6) is 0.120. The van der Waals surface area contributed by atoms with E-state index in [0.717, 1.165) is 6.54 Å². The van der Waals surface area contributed by atoms with E-state index < -0.39 is 0 Å². The van der Waals surface area contributed by atoms with Crippen LogP contribution in [-0.4, -0.2) is 52.1 Å². The van der Waals surface area contributed by atoms with Gasteiger partial charge in [-0.2, -0.15) is 0 Å². The van der Waals surface area contributed by atoms with E-state index in [2.05, 4.69) is 15.3 Å². The number of likely N-dealkylation sites (N-methyl/N-ethyl adjacent to an activating group) is 1. The first-order valence-corrected chi connectivity index (χ1v) is 9.28. The molecule has 3 aromatic rings. The quantitative estimate of drug-likeness (QED) is 0.622. The first-order valence-electron chi connectivity index (χ1n) is 8.87. The number of halogens is 1. The van der Waals surface area contributed by atoms with Crippen LogP contribution in [0.3, 0.4) is 0 Å². The van der Waals surface area contributed by atoms with E-state index in [1.54, 1.807) is 36.4 Å². The van der Waals surface area contributed by atoms with Gasteiger partial charge in [0.1, 0.15) is 11.6 Å². The number of thiocarbonyl (C=S) groups is 1. The molecular weight excluding hydrogens is 377 g/mol. The predicted octanol–water partition coefficient (Wildman–Crippen LogP) is 2.82. The minimum absolute atomic E-state index is 0.193. The summed E-state index contributed by atoms with van der Waals surface area (Å²) in [5.41, 5.74) is 0.741. The van der Waals surface area contributed by atoms with Crippen LogP contribution < -0.4 is 10.9 Å². The highest BCUT2D eigenvalue weighted by Gasteiger charge is 2.15. The Morgan fingerprint density at radius 1 is 1.14 bits per heavy atom. The maximum Gasteiger partial charge on any atom is 0.258 e. The molecule has 0 saturated carbocycles. The normalized spacial score (nSPS) is 11.0. The van der Waals surface area contributed by atoms with Crippen molar-refractivity contribution >= 4 is 33.9 Å². The lowest BCUT2D eigenvalue weighted by Crippen LogP contribution is -2.39. The molecule has 1 heterocycles. The highest BCUT2D eigenvalue weighted by molar-refractivity contribution is 7.80. The van der Waals surface area contributed by atoms with Gasteiger partial charge in [-0.1, -0.05) is 24.3 Å². The molecule has 0 atom stereocenters. The van der Waals surface area contributed by atoms with Gasteiger partial charge in [-0.05, 0) is 50.6 Å². The molecule has 146 valence electrons. The number of nitrogens with one attached hydrogen (secondary N) is 2. The van der Waals surface area contributed by atoms with E-state index in [1.165, 1.54) is 6.07 Å². The molecule has 0 spiro atoms. The number of para-hydroxylation sites is 2. The zero-order chi connectivity index (χ0) is 20.1. The number of nitrogens with zero attached hydrogens (tertiary/aromatic N) is 3. The molecule has 0 aliphatic carbocycles. The molecule has 2 N–H and O–H groups in total. The molecule has 3 rings (SSSR count). The van der Waals surface area contributed by atoms with Gasteiger partial charge in [0.2, 0.25) is 0 Å². The van der Waals surface area contributed by atoms with Crippen molar-refractivity contribution in [2.45, 2.75) is 6.54 Å². The standard InChI is InChI=1S/C20H22FN5OS/c1-25(2)11-12-26(20(28)23-17-10-6-4-8-15(17)21)13-18-22-16-9-5-3-7-14(16)19(27)24-18/h3-10H,11-13H2,1-2H3,(H,23,28)(H,22,24,27). The van der Waals surface area contributed by atoms with Gasteiger partial charge in [0, 0.05) is 13.1 Å². The van der Waals surface area contributed by atoms with Crippen molar-refractivity contribution < 1.29 is 4.39 Å². The smallest absolute Gasteiger partial charge is 0.258 e. The number of fused-ring (bicyclic) bond motifs is 1. The van der Waals surface area contributed by atoms with Gasteiger partial charge in [0.15, 0.2) is 5.11 Å². The summed E-state index contributed by atoms with van der Waals surface area (Å²) >= 11 is 5.51. The van der Waals surface area contributed by atoms with Crippen molar-refractivity contribution in [3.8, 4) is 0 Å². The fourth-order valence-corrected chi connectivity index (χ4v) is 2.99. The van der Waals surface area contributed by atoms with Crippen molar-refractivity contribution in [2.24, 2.45) is 0 Å². The molecular formula is C20H22FN5OS. The van der Waals surface area contributed by atoms with E-state index in [4.69, 9.17) is 12.2 Å². The highest BCUT2D eigenvalue weighted by atomic mass is 32.1. The van der Waals surface area contributed by atoms with E-state index in [1.807, 2.05) is 30.0 Å². The van der Waals surface area contributed by atoms with Crippen LogP contribution in [0.15, 0.2) is 53.3 Å². The molecule has 0 radical (unpaired) electrons. The molecule has 0 aliphatic rings. The van der Waals surface area contributed by atoms with Gasteiger partial charge in [-0.25, -0.2) is 9.37 Å². The maximum atomic E-state index is 14.0. The fourth-order valence-electron chi connectivity index (χ4n) is 2.72. The minimum Gasteiger partial charge on any atom is -0.340 e. The van der Waals surface area contributed by atoms with E-state index >= 15 is 0 Å². The number of hydrogen-bond donors (Lipinski definition) is 2. The Balaban J connectivity index is 1.84. The van der Waals surface area contributed by atoms with Crippen LogP contribution in [0.4, 0.5) is 10.1 Å². The topological polar surface area (TPSA) is 64.3 Å². The third-order valence-corrected chi connectivity index (χ3v) is 4.58. The third-order valence-electron chi connectivity index (χ3n) is 4.22. The molecule has 0 aliphatic heterocycles. The lowest BCUT2D eigenvalue weighted by molar-refractivity contribution is 0.323. The van der Waals surface area contributed by atoms with Crippen LogP contribution in [0.1, 0.15) is 5.82 Å². The van der Waals surface area contributed by atoms with Crippen molar-refractivity contribution in [2.75, 3.05) is 32.5 Å². The fraction of sp³-hybridized carbons (Fsp3) is 0.250. The average molecular weight is 399 g/mol. The Morgan fingerprint density at radius 2 is 1.86 bits per heavy atom. The number of H-pyrrole nitrogens is 1. The van der Waals surface area contributed by atoms with E-state index in [0.29, 0.717) is 40.6 Å². The Hall–Kier alpha value is -2.84. The zero-order valence-electron chi connectivity index (χ0n) is 15.8. The van der Waals surface area contributed by atoms with Crippen LogP contribution in [-0.2, 0) is 6.54 Å². The summed E-state index contributed by atoms with van der Waals surface area (Å²) in [5, 5.41) is 3.85. The maximum absolute atomic E-state index is 14.0. The van der Waals surface area contributed by atoms with Crippen LogP contribution in [0.25, 0.3) is 10.9 Å². The summed E-state index contributed by atoms with van der Waals surface area (Å²) in [7, 11) is 3.92. The largest absolute Gasteiger partial charge is 0.340 e. The summed E-state index contributed by atoms with van der Waals surface area (Å²) in [6, 6.07) is 13.5. The Labute approximate surface area is 168 Å². The SMILES string of the molecule is CN(C)CCN(Cc1nc2ccccc2c(=O)[nH]1)C(=S)Nc1ccccc1F. The predicted molar refractivity (Wildman–Crippen MR) is 114 cm³/mol. The molecule has 2 aromatic carbocycles.